The molecule has 0 fully saturated rings. The van der Waals surface area contributed by atoms with E-state index < -0.39 is 0 Å². The first kappa shape index (κ1) is 16.0. The van der Waals surface area contributed by atoms with E-state index in [1.54, 1.807) is 11.3 Å². The van der Waals surface area contributed by atoms with Gasteiger partial charge in [0.05, 0.1) is 5.69 Å². The molecule has 0 aliphatic carbocycles. The largest absolute Gasteiger partial charge is 0.492 e. The molecule has 3 nitrogen and oxygen atoms in total. The number of aryl methyl sites for hydroxylation is 1. The molecule has 1 heterocycles. The zero-order valence-corrected chi connectivity index (χ0v) is 14.1. The van der Waals surface area contributed by atoms with E-state index in [1.807, 2.05) is 12.1 Å². The fourth-order valence-electron chi connectivity index (χ4n) is 1.88. The predicted molar refractivity (Wildman–Crippen MR) is 89.2 cm³/mol. The van der Waals surface area contributed by atoms with Crippen molar-refractivity contribution in [2.75, 3.05) is 13.2 Å². The minimum Gasteiger partial charge on any atom is -0.492 e. The highest BCUT2D eigenvalue weighted by atomic mass is 32.1. The monoisotopic (exact) mass is 304 g/mol. The highest BCUT2D eigenvalue weighted by molar-refractivity contribution is 7.09. The maximum absolute atomic E-state index is 5.70. The molecule has 0 aliphatic heterocycles. The summed E-state index contributed by atoms with van der Waals surface area (Å²) < 4.78 is 5.70. The number of aromatic nitrogens is 1. The van der Waals surface area contributed by atoms with E-state index in [0.717, 1.165) is 23.8 Å². The molecule has 21 heavy (non-hydrogen) atoms. The van der Waals surface area contributed by atoms with Gasteiger partial charge in [0.2, 0.25) is 0 Å². The van der Waals surface area contributed by atoms with Gasteiger partial charge in [0.1, 0.15) is 17.4 Å². The Kier molecular flexibility index (Phi) is 5.37. The van der Waals surface area contributed by atoms with E-state index in [4.69, 9.17) is 4.74 Å². The Morgan fingerprint density at radius 1 is 1.29 bits per heavy atom. The number of benzene rings is 1. The van der Waals surface area contributed by atoms with Crippen LogP contribution in [0.2, 0.25) is 0 Å². The first-order valence-corrected chi connectivity index (χ1v) is 8.18. The molecule has 0 spiro atoms. The van der Waals surface area contributed by atoms with Crippen LogP contribution in [0.3, 0.4) is 0 Å². The lowest BCUT2D eigenvalue weighted by atomic mass is 9.93. The van der Waals surface area contributed by atoms with E-state index in [9.17, 15) is 0 Å². The van der Waals surface area contributed by atoms with E-state index in [0.29, 0.717) is 6.61 Å². The predicted octanol–water partition coefficient (Wildman–Crippen LogP) is 3.92. The highest BCUT2D eigenvalue weighted by Gasteiger charge is 2.16. The number of rotatable bonds is 6. The number of thiazole rings is 1. The van der Waals surface area contributed by atoms with Crippen molar-refractivity contribution in [1.29, 1.82) is 0 Å². The van der Waals surface area contributed by atoms with Crippen molar-refractivity contribution in [3.05, 3.63) is 45.9 Å². The second-order valence-corrected chi connectivity index (χ2v) is 7.16. The van der Waals surface area contributed by atoms with Crippen LogP contribution in [0.4, 0.5) is 0 Å². The molecule has 2 rings (SSSR count). The third-order valence-electron chi connectivity index (χ3n) is 3.13. The fraction of sp³-hybridized carbons (Fsp3) is 0.471. The summed E-state index contributed by atoms with van der Waals surface area (Å²) in [5.41, 5.74) is 2.52. The van der Waals surface area contributed by atoms with E-state index >= 15 is 0 Å². The zero-order valence-electron chi connectivity index (χ0n) is 13.3. The van der Waals surface area contributed by atoms with Gasteiger partial charge in [-0.05, 0) is 24.6 Å². The Bertz CT molecular complexity index is 572. The van der Waals surface area contributed by atoms with Crippen LogP contribution < -0.4 is 10.1 Å². The Balaban J connectivity index is 1.69. The Morgan fingerprint density at radius 3 is 2.76 bits per heavy atom. The Hall–Kier alpha value is -1.39. The third kappa shape index (κ3) is 5.14. The molecule has 1 aromatic carbocycles. The summed E-state index contributed by atoms with van der Waals surface area (Å²) in [6.07, 6.45) is 0. The quantitative estimate of drug-likeness (QED) is 0.821. The van der Waals surface area contributed by atoms with Gasteiger partial charge in [-0.1, -0.05) is 32.9 Å². The van der Waals surface area contributed by atoms with Gasteiger partial charge in [0.15, 0.2) is 0 Å². The summed E-state index contributed by atoms with van der Waals surface area (Å²) in [5.74, 6) is 0.932. The van der Waals surface area contributed by atoms with Crippen molar-refractivity contribution < 1.29 is 4.74 Å². The summed E-state index contributed by atoms with van der Waals surface area (Å²) in [7, 11) is 0. The topological polar surface area (TPSA) is 34.1 Å². The van der Waals surface area contributed by atoms with Crippen molar-refractivity contribution in [2.24, 2.45) is 0 Å². The molecule has 0 unspecified atom stereocenters. The number of hydrogen-bond acceptors (Lipinski definition) is 4. The number of nitrogens with one attached hydrogen (secondary N) is 1. The standard InChI is InChI=1S/C17H24N2OS/c1-13-6-5-7-14(10-13)20-9-8-18-11-16-19-15(12-21-16)17(2,3)4/h5-7,10,12,18H,8-9,11H2,1-4H3. The number of hydrogen-bond donors (Lipinski definition) is 1. The lowest BCUT2D eigenvalue weighted by Gasteiger charge is -2.14. The summed E-state index contributed by atoms with van der Waals surface area (Å²) >= 11 is 1.72. The van der Waals surface area contributed by atoms with Crippen LogP contribution in [-0.2, 0) is 12.0 Å². The summed E-state index contributed by atoms with van der Waals surface area (Å²) in [5, 5.41) is 6.66. The van der Waals surface area contributed by atoms with Crippen molar-refractivity contribution in [2.45, 2.75) is 39.7 Å². The molecule has 1 aromatic heterocycles. The normalized spacial score (nSPS) is 11.6. The number of nitrogens with zero attached hydrogens (tertiary/aromatic N) is 1. The van der Waals surface area contributed by atoms with Crippen LogP contribution in [0.15, 0.2) is 29.6 Å². The van der Waals surface area contributed by atoms with Gasteiger partial charge in [0, 0.05) is 23.9 Å². The summed E-state index contributed by atoms with van der Waals surface area (Å²) in [4.78, 5) is 4.66. The molecule has 1 N–H and O–H groups in total. The minimum atomic E-state index is 0.128. The Morgan fingerprint density at radius 2 is 2.10 bits per heavy atom. The van der Waals surface area contributed by atoms with E-state index in [2.05, 4.69) is 55.5 Å². The van der Waals surface area contributed by atoms with Gasteiger partial charge >= 0.3 is 0 Å². The zero-order chi connectivity index (χ0) is 15.3. The first-order chi connectivity index (χ1) is 9.95. The minimum absolute atomic E-state index is 0.128. The first-order valence-electron chi connectivity index (χ1n) is 7.30. The molecule has 0 radical (unpaired) electrons. The summed E-state index contributed by atoms with van der Waals surface area (Å²) in [6, 6.07) is 8.13. The highest BCUT2D eigenvalue weighted by Crippen LogP contribution is 2.23. The lowest BCUT2D eigenvalue weighted by Crippen LogP contribution is -2.21. The molecule has 0 atom stereocenters. The number of ether oxygens (including phenoxy) is 1. The van der Waals surface area contributed by atoms with Crippen molar-refractivity contribution in [1.82, 2.24) is 10.3 Å². The second-order valence-electron chi connectivity index (χ2n) is 6.22. The maximum Gasteiger partial charge on any atom is 0.119 e. The maximum atomic E-state index is 5.70. The van der Waals surface area contributed by atoms with Crippen molar-refractivity contribution in [3.63, 3.8) is 0 Å². The third-order valence-corrected chi connectivity index (χ3v) is 3.98. The van der Waals surface area contributed by atoms with Crippen LogP contribution in [0, 0.1) is 6.92 Å². The van der Waals surface area contributed by atoms with Crippen LogP contribution in [0.1, 0.15) is 37.0 Å². The molecule has 2 aromatic rings. The van der Waals surface area contributed by atoms with Crippen LogP contribution in [0.25, 0.3) is 0 Å². The molecule has 0 saturated carbocycles. The molecule has 4 heteroatoms. The van der Waals surface area contributed by atoms with Gasteiger partial charge < -0.3 is 10.1 Å². The van der Waals surface area contributed by atoms with Crippen molar-refractivity contribution in [3.8, 4) is 5.75 Å². The molecule has 0 aliphatic rings. The van der Waals surface area contributed by atoms with Gasteiger partial charge in [-0.25, -0.2) is 4.98 Å². The molecular formula is C17H24N2OS. The van der Waals surface area contributed by atoms with Crippen molar-refractivity contribution >= 4 is 11.3 Å². The van der Waals surface area contributed by atoms with E-state index in [-0.39, 0.29) is 5.41 Å². The Labute approximate surface area is 131 Å². The van der Waals surface area contributed by atoms with E-state index in [1.165, 1.54) is 11.3 Å². The smallest absolute Gasteiger partial charge is 0.119 e. The summed E-state index contributed by atoms with van der Waals surface area (Å²) in [6.45, 7) is 10.9. The van der Waals surface area contributed by atoms with Crippen LogP contribution in [-0.4, -0.2) is 18.1 Å². The molecule has 114 valence electrons. The van der Waals surface area contributed by atoms with Gasteiger partial charge in [-0.15, -0.1) is 11.3 Å². The van der Waals surface area contributed by atoms with Crippen LogP contribution >= 0.6 is 11.3 Å². The molecule has 0 saturated heterocycles. The molecule has 0 amide bonds. The van der Waals surface area contributed by atoms with Gasteiger partial charge in [0.25, 0.3) is 0 Å². The average Bonchev–Trinajstić information content (AvgIpc) is 2.87. The van der Waals surface area contributed by atoms with Gasteiger partial charge in [-0.3, -0.25) is 0 Å². The SMILES string of the molecule is Cc1cccc(OCCNCc2nc(C(C)(C)C)cs2)c1. The van der Waals surface area contributed by atoms with Crippen LogP contribution in [0.5, 0.6) is 5.75 Å². The van der Waals surface area contributed by atoms with Gasteiger partial charge in [-0.2, -0.15) is 0 Å². The average molecular weight is 304 g/mol. The molecule has 0 bridgehead atoms. The second kappa shape index (κ2) is 7.05. The molecular weight excluding hydrogens is 280 g/mol. The lowest BCUT2D eigenvalue weighted by molar-refractivity contribution is 0.313. The fourth-order valence-corrected chi connectivity index (χ4v) is 2.87.